The van der Waals surface area contributed by atoms with Crippen LogP contribution in [-0.4, -0.2) is 16.2 Å². The third kappa shape index (κ3) is 2.02. The topological polar surface area (TPSA) is 57.5 Å². The number of phenols is 1. The van der Waals surface area contributed by atoms with Crippen LogP contribution in [0.5, 0.6) is 5.75 Å². The van der Waals surface area contributed by atoms with Gasteiger partial charge in [-0.1, -0.05) is 24.3 Å². The van der Waals surface area contributed by atoms with Gasteiger partial charge in [0.25, 0.3) is 0 Å². The van der Waals surface area contributed by atoms with Gasteiger partial charge in [0.15, 0.2) is 0 Å². The molecule has 2 N–H and O–H groups in total. The largest absolute Gasteiger partial charge is 0.507 e. The van der Waals surface area contributed by atoms with Gasteiger partial charge >= 0.3 is 5.97 Å². The van der Waals surface area contributed by atoms with Crippen LogP contribution in [0.1, 0.15) is 10.4 Å². The van der Waals surface area contributed by atoms with Crippen LogP contribution in [-0.2, 0) is 0 Å². The highest BCUT2D eigenvalue weighted by atomic mass is 35.5. The number of aromatic hydroxyl groups is 1. The van der Waals surface area contributed by atoms with Gasteiger partial charge in [-0.2, -0.15) is 0 Å². The number of carboxylic acids is 1. The van der Waals surface area contributed by atoms with Crippen molar-refractivity contribution in [1.29, 1.82) is 0 Å². The third-order valence-corrected chi connectivity index (χ3v) is 2.09. The minimum atomic E-state index is -1.12. The summed E-state index contributed by atoms with van der Waals surface area (Å²) in [5.74, 6) is -1.32. The Kier molecular flexibility index (Phi) is 3.17. The molecule has 0 fully saturated rings. The summed E-state index contributed by atoms with van der Waals surface area (Å²) < 4.78 is 0. The second-order valence-electron chi connectivity index (χ2n) is 3.02. The van der Waals surface area contributed by atoms with Crippen LogP contribution in [0, 0.1) is 0 Å². The number of aromatic carboxylic acids is 1. The predicted octanol–water partition coefficient (Wildman–Crippen LogP) is 2.67. The highest BCUT2D eigenvalue weighted by Crippen LogP contribution is 2.24. The summed E-state index contributed by atoms with van der Waals surface area (Å²) in [5, 5.41) is 19.8. The summed E-state index contributed by atoms with van der Waals surface area (Å²) >= 11 is 0. The molecule has 0 aliphatic rings. The normalized spacial score (nSPS) is 9.60. The SMILES string of the molecule is Cl.O=C(O)c1cc2ccccc2cc1O. The molecule has 4 heteroatoms. The molecule has 15 heavy (non-hydrogen) atoms. The molecule has 0 aliphatic heterocycles. The molecule has 0 radical (unpaired) electrons. The van der Waals surface area contributed by atoms with E-state index in [1.807, 2.05) is 18.2 Å². The molecule has 0 spiro atoms. The number of carbonyl (C=O) groups is 1. The Labute approximate surface area is 92.4 Å². The van der Waals surface area contributed by atoms with E-state index >= 15 is 0 Å². The quantitative estimate of drug-likeness (QED) is 0.783. The first-order chi connectivity index (χ1) is 6.68. The average Bonchev–Trinajstić information content (AvgIpc) is 2.16. The fourth-order valence-corrected chi connectivity index (χ4v) is 1.40. The Hall–Kier alpha value is -1.74. The molecule has 0 heterocycles. The summed E-state index contributed by atoms with van der Waals surface area (Å²) in [4.78, 5) is 10.7. The second kappa shape index (κ2) is 4.19. The molecule has 2 aromatic carbocycles. The van der Waals surface area contributed by atoms with Crippen LogP contribution in [0.15, 0.2) is 36.4 Å². The van der Waals surface area contributed by atoms with Crippen LogP contribution in [0.25, 0.3) is 10.8 Å². The van der Waals surface area contributed by atoms with Crippen molar-refractivity contribution in [2.24, 2.45) is 0 Å². The maximum Gasteiger partial charge on any atom is 0.339 e. The van der Waals surface area contributed by atoms with Gasteiger partial charge in [0, 0.05) is 0 Å². The second-order valence-corrected chi connectivity index (χ2v) is 3.02. The Morgan fingerprint density at radius 2 is 1.60 bits per heavy atom. The summed E-state index contributed by atoms with van der Waals surface area (Å²) in [6, 6.07) is 10.2. The van der Waals surface area contributed by atoms with Gasteiger partial charge in [0.2, 0.25) is 0 Å². The van der Waals surface area contributed by atoms with Crippen molar-refractivity contribution in [2.75, 3.05) is 0 Å². The number of rotatable bonds is 1. The van der Waals surface area contributed by atoms with Crippen molar-refractivity contribution < 1.29 is 15.0 Å². The fraction of sp³-hybridized carbons (Fsp3) is 0. The Bertz CT molecular complexity index is 508. The van der Waals surface area contributed by atoms with E-state index in [1.54, 1.807) is 6.07 Å². The number of fused-ring (bicyclic) bond motifs is 1. The van der Waals surface area contributed by atoms with E-state index in [-0.39, 0.29) is 23.7 Å². The van der Waals surface area contributed by atoms with Gasteiger partial charge in [0.05, 0.1) is 0 Å². The van der Waals surface area contributed by atoms with Gasteiger partial charge in [0.1, 0.15) is 11.3 Å². The zero-order valence-electron chi connectivity index (χ0n) is 7.68. The number of carboxylic acid groups (broad SMARTS) is 1. The van der Waals surface area contributed by atoms with E-state index in [4.69, 9.17) is 5.11 Å². The van der Waals surface area contributed by atoms with Crippen molar-refractivity contribution in [3.05, 3.63) is 42.0 Å². The smallest absolute Gasteiger partial charge is 0.339 e. The number of halogens is 1. The first-order valence-electron chi connectivity index (χ1n) is 4.13. The minimum absolute atomic E-state index is 0. The summed E-state index contributed by atoms with van der Waals surface area (Å²) in [7, 11) is 0. The fourth-order valence-electron chi connectivity index (χ4n) is 1.40. The summed E-state index contributed by atoms with van der Waals surface area (Å²) in [5.41, 5.74) is -0.0660. The first kappa shape index (κ1) is 11.3. The Morgan fingerprint density at radius 3 is 2.13 bits per heavy atom. The lowest BCUT2D eigenvalue weighted by molar-refractivity contribution is 0.0694. The standard InChI is InChI=1S/C11H8O3.ClH/c12-10-6-8-4-2-1-3-7(8)5-9(10)11(13)14;/h1-6,12H,(H,13,14);1H. The van der Waals surface area contributed by atoms with Gasteiger partial charge in [-0.25, -0.2) is 4.79 Å². The molecule has 0 bridgehead atoms. The zero-order chi connectivity index (χ0) is 10.1. The highest BCUT2D eigenvalue weighted by Gasteiger charge is 2.09. The van der Waals surface area contributed by atoms with E-state index < -0.39 is 5.97 Å². The Morgan fingerprint density at radius 1 is 1.07 bits per heavy atom. The molecule has 3 nitrogen and oxygen atoms in total. The minimum Gasteiger partial charge on any atom is -0.507 e. The number of benzene rings is 2. The molecular weight excluding hydrogens is 216 g/mol. The third-order valence-electron chi connectivity index (χ3n) is 2.09. The van der Waals surface area contributed by atoms with Gasteiger partial charge in [-0.05, 0) is 22.9 Å². The van der Waals surface area contributed by atoms with Crippen LogP contribution in [0.2, 0.25) is 0 Å². The molecule has 0 atom stereocenters. The van der Waals surface area contributed by atoms with E-state index in [2.05, 4.69) is 0 Å². The van der Waals surface area contributed by atoms with Crippen molar-refractivity contribution in [3.8, 4) is 5.75 Å². The molecule has 2 aromatic rings. The predicted molar refractivity (Wildman–Crippen MR) is 59.8 cm³/mol. The zero-order valence-corrected chi connectivity index (χ0v) is 8.49. The lowest BCUT2D eigenvalue weighted by atomic mass is 10.1. The maximum absolute atomic E-state index is 10.7. The van der Waals surface area contributed by atoms with E-state index in [9.17, 15) is 9.90 Å². The lowest BCUT2D eigenvalue weighted by Gasteiger charge is -2.02. The van der Waals surface area contributed by atoms with Crippen LogP contribution < -0.4 is 0 Å². The van der Waals surface area contributed by atoms with Gasteiger partial charge < -0.3 is 10.2 Å². The van der Waals surface area contributed by atoms with Crippen molar-refractivity contribution in [1.82, 2.24) is 0 Å². The highest BCUT2D eigenvalue weighted by molar-refractivity contribution is 5.97. The van der Waals surface area contributed by atoms with E-state index in [0.717, 1.165) is 10.8 Å². The number of hydrogen-bond acceptors (Lipinski definition) is 2. The molecule has 0 aliphatic carbocycles. The van der Waals surface area contributed by atoms with Gasteiger partial charge in [-0.15, -0.1) is 12.4 Å². The molecule has 0 unspecified atom stereocenters. The van der Waals surface area contributed by atoms with Crippen molar-refractivity contribution in [2.45, 2.75) is 0 Å². The molecular formula is C11H9ClO3. The molecule has 2 rings (SSSR count). The molecule has 0 saturated carbocycles. The van der Waals surface area contributed by atoms with Crippen LogP contribution in [0.4, 0.5) is 0 Å². The first-order valence-corrected chi connectivity index (χ1v) is 4.13. The van der Waals surface area contributed by atoms with Crippen LogP contribution >= 0.6 is 12.4 Å². The number of hydrogen-bond donors (Lipinski definition) is 2. The molecule has 0 saturated heterocycles. The summed E-state index contributed by atoms with van der Waals surface area (Å²) in [6.07, 6.45) is 0. The lowest BCUT2D eigenvalue weighted by Crippen LogP contribution is -1.96. The average molecular weight is 225 g/mol. The van der Waals surface area contributed by atoms with Gasteiger partial charge in [-0.3, -0.25) is 0 Å². The summed E-state index contributed by atoms with van der Waals surface area (Å²) in [6.45, 7) is 0. The van der Waals surface area contributed by atoms with Crippen molar-refractivity contribution in [3.63, 3.8) is 0 Å². The Balaban J connectivity index is 0.00000112. The van der Waals surface area contributed by atoms with Crippen molar-refractivity contribution >= 4 is 29.1 Å². The monoisotopic (exact) mass is 224 g/mol. The molecule has 0 aromatic heterocycles. The molecule has 0 amide bonds. The van der Waals surface area contributed by atoms with E-state index in [1.165, 1.54) is 12.1 Å². The van der Waals surface area contributed by atoms with E-state index in [0.29, 0.717) is 0 Å². The maximum atomic E-state index is 10.7. The molecule has 78 valence electrons. The van der Waals surface area contributed by atoms with Crippen LogP contribution in [0.3, 0.4) is 0 Å².